The first-order valence-corrected chi connectivity index (χ1v) is 6.68. The SMILES string of the molecule is C=C(C)CNCC(NC(=O)OC(C)(C)C)C(=C)CC. The molecule has 0 saturated heterocycles. The van der Waals surface area contributed by atoms with Crippen molar-refractivity contribution in [1.29, 1.82) is 0 Å². The smallest absolute Gasteiger partial charge is 0.408 e. The lowest BCUT2D eigenvalue weighted by Gasteiger charge is -2.25. The monoisotopic (exact) mass is 268 g/mol. The molecule has 110 valence electrons. The Labute approximate surface area is 117 Å². The van der Waals surface area contributed by atoms with Gasteiger partial charge in [0.05, 0.1) is 6.04 Å². The van der Waals surface area contributed by atoms with E-state index in [0.717, 1.165) is 24.1 Å². The second-order valence-electron chi connectivity index (χ2n) is 5.80. The minimum Gasteiger partial charge on any atom is -0.444 e. The zero-order chi connectivity index (χ0) is 15.1. The highest BCUT2D eigenvalue weighted by atomic mass is 16.6. The van der Waals surface area contributed by atoms with Crippen molar-refractivity contribution in [2.45, 2.75) is 52.7 Å². The van der Waals surface area contributed by atoms with Gasteiger partial charge in [0.1, 0.15) is 5.60 Å². The number of rotatable bonds is 7. The minimum atomic E-state index is -0.493. The Hall–Kier alpha value is -1.29. The van der Waals surface area contributed by atoms with Gasteiger partial charge >= 0.3 is 6.09 Å². The van der Waals surface area contributed by atoms with E-state index in [4.69, 9.17) is 4.74 Å². The highest BCUT2D eigenvalue weighted by molar-refractivity contribution is 5.68. The molecule has 19 heavy (non-hydrogen) atoms. The third kappa shape index (κ3) is 9.31. The van der Waals surface area contributed by atoms with Crippen molar-refractivity contribution in [2.24, 2.45) is 0 Å². The van der Waals surface area contributed by atoms with Crippen molar-refractivity contribution in [3.63, 3.8) is 0 Å². The van der Waals surface area contributed by atoms with Gasteiger partial charge in [-0.2, -0.15) is 0 Å². The molecule has 0 aromatic rings. The first-order chi connectivity index (χ1) is 8.65. The van der Waals surface area contributed by atoms with Crippen LogP contribution in [0.2, 0.25) is 0 Å². The molecule has 4 nitrogen and oxygen atoms in total. The quantitative estimate of drug-likeness (QED) is 0.698. The summed E-state index contributed by atoms with van der Waals surface area (Å²) in [5.74, 6) is 0. The van der Waals surface area contributed by atoms with Crippen molar-refractivity contribution in [2.75, 3.05) is 13.1 Å². The number of hydrogen-bond donors (Lipinski definition) is 2. The van der Waals surface area contributed by atoms with Crippen LogP contribution in [0.3, 0.4) is 0 Å². The van der Waals surface area contributed by atoms with E-state index in [1.54, 1.807) is 0 Å². The van der Waals surface area contributed by atoms with E-state index in [9.17, 15) is 4.79 Å². The fraction of sp³-hybridized carbons (Fsp3) is 0.667. The van der Waals surface area contributed by atoms with Crippen molar-refractivity contribution in [3.8, 4) is 0 Å². The molecule has 0 heterocycles. The lowest BCUT2D eigenvalue weighted by Crippen LogP contribution is -2.45. The van der Waals surface area contributed by atoms with Gasteiger partial charge < -0.3 is 15.4 Å². The van der Waals surface area contributed by atoms with Gasteiger partial charge in [0.25, 0.3) is 0 Å². The van der Waals surface area contributed by atoms with E-state index >= 15 is 0 Å². The molecule has 0 aliphatic heterocycles. The van der Waals surface area contributed by atoms with E-state index in [2.05, 4.69) is 23.8 Å². The van der Waals surface area contributed by atoms with E-state index < -0.39 is 11.7 Å². The number of amides is 1. The molecule has 0 aliphatic rings. The maximum absolute atomic E-state index is 11.8. The molecule has 0 rings (SSSR count). The Morgan fingerprint density at radius 2 is 1.89 bits per heavy atom. The molecular weight excluding hydrogens is 240 g/mol. The summed E-state index contributed by atoms with van der Waals surface area (Å²) in [7, 11) is 0. The number of alkyl carbamates (subject to hydrolysis) is 1. The maximum Gasteiger partial charge on any atom is 0.408 e. The Morgan fingerprint density at radius 3 is 2.32 bits per heavy atom. The molecule has 1 atom stereocenters. The van der Waals surface area contributed by atoms with Crippen molar-refractivity contribution >= 4 is 6.09 Å². The predicted octanol–water partition coefficient (Wildman–Crippen LogP) is 3.01. The van der Waals surface area contributed by atoms with Crippen LogP contribution in [-0.4, -0.2) is 30.8 Å². The highest BCUT2D eigenvalue weighted by Gasteiger charge is 2.20. The van der Waals surface area contributed by atoms with Crippen LogP contribution >= 0.6 is 0 Å². The maximum atomic E-state index is 11.8. The molecule has 1 unspecified atom stereocenters. The van der Waals surface area contributed by atoms with E-state index in [-0.39, 0.29) is 6.04 Å². The summed E-state index contributed by atoms with van der Waals surface area (Å²) in [5.41, 5.74) is 1.53. The van der Waals surface area contributed by atoms with E-state index in [0.29, 0.717) is 6.54 Å². The molecule has 2 N–H and O–H groups in total. The Bertz CT molecular complexity index is 330. The van der Waals surface area contributed by atoms with Gasteiger partial charge in [0.15, 0.2) is 0 Å². The van der Waals surface area contributed by atoms with Gasteiger partial charge in [0, 0.05) is 13.1 Å². The fourth-order valence-corrected chi connectivity index (χ4v) is 1.42. The Morgan fingerprint density at radius 1 is 1.32 bits per heavy atom. The highest BCUT2D eigenvalue weighted by Crippen LogP contribution is 2.09. The van der Waals surface area contributed by atoms with Crippen LogP contribution in [0.1, 0.15) is 41.0 Å². The molecule has 0 saturated carbocycles. The van der Waals surface area contributed by atoms with Crippen LogP contribution in [0.5, 0.6) is 0 Å². The van der Waals surface area contributed by atoms with Crippen LogP contribution in [0.25, 0.3) is 0 Å². The second kappa shape index (κ2) is 8.00. The van der Waals surface area contributed by atoms with Crippen LogP contribution in [-0.2, 0) is 4.74 Å². The first kappa shape index (κ1) is 17.7. The molecule has 0 aromatic carbocycles. The summed E-state index contributed by atoms with van der Waals surface area (Å²) in [6.07, 6.45) is 0.402. The van der Waals surface area contributed by atoms with Gasteiger partial charge in [-0.25, -0.2) is 4.79 Å². The van der Waals surface area contributed by atoms with Crippen LogP contribution in [0, 0.1) is 0 Å². The van der Waals surface area contributed by atoms with Crippen molar-refractivity contribution < 1.29 is 9.53 Å². The lowest BCUT2D eigenvalue weighted by molar-refractivity contribution is 0.0511. The topological polar surface area (TPSA) is 50.4 Å². The molecule has 0 aromatic heterocycles. The molecule has 0 spiro atoms. The number of carbonyl (C=O) groups excluding carboxylic acids is 1. The molecule has 0 fully saturated rings. The summed E-state index contributed by atoms with van der Waals surface area (Å²) in [4.78, 5) is 11.8. The normalized spacial score (nSPS) is 12.7. The zero-order valence-electron chi connectivity index (χ0n) is 12.9. The molecular formula is C15H28N2O2. The molecule has 1 amide bonds. The average Bonchev–Trinajstić information content (AvgIpc) is 2.23. The van der Waals surface area contributed by atoms with Gasteiger partial charge in [-0.1, -0.05) is 31.2 Å². The summed E-state index contributed by atoms with van der Waals surface area (Å²) in [6, 6.07) is -0.126. The summed E-state index contributed by atoms with van der Waals surface area (Å²) in [6.45, 7) is 18.7. The van der Waals surface area contributed by atoms with Crippen LogP contribution in [0.4, 0.5) is 4.79 Å². The number of ether oxygens (including phenoxy) is 1. The Kier molecular flexibility index (Phi) is 7.45. The van der Waals surface area contributed by atoms with E-state index in [1.807, 2.05) is 34.6 Å². The molecule has 4 heteroatoms. The minimum absolute atomic E-state index is 0.126. The third-order valence-corrected chi connectivity index (χ3v) is 2.41. The number of carbonyl (C=O) groups is 1. The largest absolute Gasteiger partial charge is 0.444 e. The molecule has 0 aliphatic carbocycles. The lowest BCUT2D eigenvalue weighted by atomic mass is 10.1. The van der Waals surface area contributed by atoms with Crippen molar-refractivity contribution in [1.82, 2.24) is 10.6 Å². The summed E-state index contributed by atoms with van der Waals surface area (Å²) >= 11 is 0. The molecule has 0 radical (unpaired) electrons. The van der Waals surface area contributed by atoms with Gasteiger partial charge in [-0.15, -0.1) is 0 Å². The van der Waals surface area contributed by atoms with Crippen molar-refractivity contribution in [3.05, 3.63) is 24.3 Å². The van der Waals surface area contributed by atoms with Gasteiger partial charge in [0.2, 0.25) is 0 Å². The van der Waals surface area contributed by atoms with Gasteiger partial charge in [-0.05, 0) is 34.1 Å². The van der Waals surface area contributed by atoms with Crippen LogP contribution in [0.15, 0.2) is 24.3 Å². The fourth-order valence-electron chi connectivity index (χ4n) is 1.42. The van der Waals surface area contributed by atoms with Crippen LogP contribution < -0.4 is 10.6 Å². The first-order valence-electron chi connectivity index (χ1n) is 6.68. The number of nitrogens with one attached hydrogen (secondary N) is 2. The molecule has 0 bridgehead atoms. The number of hydrogen-bond acceptors (Lipinski definition) is 3. The summed E-state index contributed by atoms with van der Waals surface area (Å²) in [5, 5.41) is 6.08. The third-order valence-electron chi connectivity index (χ3n) is 2.41. The zero-order valence-corrected chi connectivity index (χ0v) is 12.9. The summed E-state index contributed by atoms with van der Waals surface area (Å²) < 4.78 is 5.25. The standard InChI is InChI=1S/C15H28N2O2/c1-8-12(4)13(10-16-9-11(2)3)17-14(18)19-15(5,6)7/h13,16H,2,4,8-10H2,1,3,5-7H3,(H,17,18). The second-order valence-corrected chi connectivity index (χ2v) is 5.80. The van der Waals surface area contributed by atoms with Gasteiger partial charge in [-0.3, -0.25) is 0 Å². The Balaban J connectivity index is 4.39. The van der Waals surface area contributed by atoms with E-state index in [1.165, 1.54) is 0 Å². The predicted molar refractivity (Wildman–Crippen MR) is 80.3 cm³/mol. The average molecular weight is 268 g/mol.